The molecular formula is C24H19F3N2O2S. The molecule has 1 heterocycles. The summed E-state index contributed by atoms with van der Waals surface area (Å²) in [5, 5.41) is 0.536. The summed E-state index contributed by atoms with van der Waals surface area (Å²) in [5.41, 5.74) is 2.57. The molecule has 0 N–H and O–H groups in total. The maximum Gasteiger partial charge on any atom is 0.338 e. The van der Waals surface area contributed by atoms with Gasteiger partial charge in [-0.15, -0.1) is 0 Å². The summed E-state index contributed by atoms with van der Waals surface area (Å²) in [6.45, 7) is 2.30. The predicted molar refractivity (Wildman–Crippen MR) is 117 cm³/mol. The zero-order valence-corrected chi connectivity index (χ0v) is 18.0. The third-order valence-corrected chi connectivity index (χ3v) is 5.84. The number of carbonyl (C=O) groups excluding carboxylic acids is 1. The Balaban J connectivity index is 1.72. The van der Waals surface area contributed by atoms with Gasteiger partial charge in [0.05, 0.1) is 29.7 Å². The van der Waals surface area contributed by atoms with Crippen molar-refractivity contribution in [2.24, 2.45) is 0 Å². The minimum Gasteiger partial charge on any atom is -0.462 e. The molecule has 0 fully saturated rings. The van der Waals surface area contributed by atoms with E-state index in [9.17, 15) is 18.0 Å². The van der Waals surface area contributed by atoms with Crippen LogP contribution < -0.4 is 0 Å². The minimum atomic E-state index is -0.519. The Morgan fingerprint density at radius 3 is 2.62 bits per heavy atom. The molecule has 0 bridgehead atoms. The molecular weight excluding hydrogens is 437 g/mol. The van der Waals surface area contributed by atoms with Crippen LogP contribution in [0.4, 0.5) is 13.2 Å². The molecule has 0 atom stereocenters. The van der Waals surface area contributed by atoms with Gasteiger partial charge in [-0.3, -0.25) is 0 Å². The average Bonchev–Trinajstić information content (AvgIpc) is 3.11. The van der Waals surface area contributed by atoms with Gasteiger partial charge in [0.1, 0.15) is 17.5 Å². The molecule has 3 aromatic carbocycles. The van der Waals surface area contributed by atoms with Crippen molar-refractivity contribution in [3.63, 3.8) is 0 Å². The fourth-order valence-corrected chi connectivity index (χ4v) is 4.31. The SMILES string of the molecule is CCOC(=O)c1ccc2c(c1)nc(SCc1cc(F)ccc1F)n2Cc1cccc(F)c1. The number of hydrogen-bond donors (Lipinski definition) is 0. The van der Waals surface area contributed by atoms with Crippen LogP contribution >= 0.6 is 11.8 Å². The Labute approximate surface area is 187 Å². The summed E-state index contributed by atoms with van der Waals surface area (Å²) in [4.78, 5) is 16.7. The van der Waals surface area contributed by atoms with Crippen molar-refractivity contribution in [3.05, 3.63) is 94.8 Å². The second-order valence-corrected chi connectivity index (χ2v) is 8.00. The zero-order chi connectivity index (χ0) is 22.7. The smallest absolute Gasteiger partial charge is 0.338 e. The van der Waals surface area contributed by atoms with Crippen LogP contribution in [0.3, 0.4) is 0 Å². The van der Waals surface area contributed by atoms with Crippen molar-refractivity contribution in [2.75, 3.05) is 6.61 Å². The number of aromatic nitrogens is 2. The van der Waals surface area contributed by atoms with Crippen LogP contribution in [-0.4, -0.2) is 22.1 Å². The first-order valence-electron chi connectivity index (χ1n) is 9.93. The summed E-state index contributed by atoms with van der Waals surface area (Å²) in [5.74, 6) is -1.68. The van der Waals surface area contributed by atoms with Gasteiger partial charge in [0.25, 0.3) is 0 Å². The number of carbonyl (C=O) groups is 1. The molecule has 4 nitrogen and oxygen atoms in total. The number of ether oxygens (including phenoxy) is 1. The summed E-state index contributed by atoms with van der Waals surface area (Å²) in [6, 6.07) is 14.5. The van der Waals surface area contributed by atoms with Crippen molar-refractivity contribution in [3.8, 4) is 0 Å². The van der Waals surface area contributed by atoms with Crippen LogP contribution in [0.2, 0.25) is 0 Å². The van der Waals surface area contributed by atoms with Crippen LogP contribution in [0.25, 0.3) is 11.0 Å². The van der Waals surface area contributed by atoms with Gasteiger partial charge < -0.3 is 9.30 Å². The maximum absolute atomic E-state index is 14.1. The zero-order valence-electron chi connectivity index (χ0n) is 17.1. The lowest BCUT2D eigenvalue weighted by molar-refractivity contribution is 0.0526. The molecule has 1 aromatic heterocycles. The average molecular weight is 456 g/mol. The highest BCUT2D eigenvalue weighted by Gasteiger charge is 2.16. The lowest BCUT2D eigenvalue weighted by atomic mass is 10.2. The van der Waals surface area contributed by atoms with E-state index in [1.54, 1.807) is 37.3 Å². The standard InChI is InChI=1S/C24H19F3N2O2S/c1-2-31-23(30)16-6-9-22-21(12-16)28-24(29(22)13-15-4-3-5-18(25)10-15)32-14-17-11-19(26)7-8-20(17)27/h3-12H,2,13-14H2,1H3. The summed E-state index contributed by atoms with van der Waals surface area (Å²) < 4.78 is 48.3. The quantitative estimate of drug-likeness (QED) is 0.254. The predicted octanol–water partition coefficient (Wildman–Crippen LogP) is 5.97. The number of halogens is 3. The van der Waals surface area contributed by atoms with E-state index in [2.05, 4.69) is 4.98 Å². The van der Waals surface area contributed by atoms with E-state index >= 15 is 0 Å². The van der Waals surface area contributed by atoms with Gasteiger partial charge >= 0.3 is 5.97 Å². The number of benzene rings is 3. The topological polar surface area (TPSA) is 44.1 Å². The second kappa shape index (κ2) is 9.48. The number of imidazole rings is 1. The molecule has 0 saturated heterocycles. The van der Waals surface area contributed by atoms with Crippen molar-refractivity contribution in [1.29, 1.82) is 0 Å². The molecule has 0 saturated carbocycles. The molecule has 164 valence electrons. The number of nitrogens with zero attached hydrogens (tertiary/aromatic N) is 2. The van der Waals surface area contributed by atoms with E-state index in [4.69, 9.17) is 4.74 Å². The molecule has 0 unspecified atom stereocenters. The van der Waals surface area contributed by atoms with Crippen molar-refractivity contribution >= 4 is 28.8 Å². The number of thioether (sulfide) groups is 1. The first kappa shape index (κ1) is 22.0. The molecule has 32 heavy (non-hydrogen) atoms. The summed E-state index contributed by atoms with van der Waals surface area (Å²) in [6.07, 6.45) is 0. The van der Waals surface area contributed by atoms with E-state index in [1.807, 2.05) is 4.57 Å². The minimum absolute atomic E-state index is 0.154. The molecule has 0 radical (unpaired) electrons. The Bertz CT molecular complexity index is 1290. The monoisotopic (exact) mass is 456 g/mol. The van der Waals surface area contributed by atoms with Crippen molar-refractivity contribution in [2.45, 2.75) is 24.4 Å². The third-order valence-electron chi connectivity index (χ3n) is 4.82. The summed E-state index contributed by atoms with van der Waals surface area (Å²) in [7, 11) is 0. The van der Waals surface area contributed by atoms with E-state index in [1.165, 1.54) is 23.9 Å². The molecule has 0 aliphatic carbocycles. The Kier molecular flexibility index (Phi) is 6.50. The molecule has 4 rings (SSSR count). The number of fused-ring (bicyclic) bond motifs is 1. The van der Waals surface area contributed by atoms with Crippen LogP contribution in [0, 0.1) is 17.5 Å². The van der Waals surface area contributed by atoms with Gasteiger partial charge in [-0.25, -0.2) is 22.9 Å². The van der Waals surface area contributed by atoms with E-state index < -0.39 is 17.6 Å². The lowest BCUT2D eigenvalue weighted by Gasteiger charge is -2.10. The lowest BCUT2D eigenvalue weighted by Crippen LogP contribution is -2.05. The normalized spacial score (nSPS) is 11.1. The molecule has 4 aromatic rings. The van der Waals surface area contributed by atoms with E-state index in [0.29, 0.717) is 22.8 Å². The first-order chi connectivity index (χ1) is 15.4. The fourth-order valence-electron chi connectivity index (χ4n) is 3.33. The van der Waals surface area contributed by atoms with E-state index in [0.717, 1.165) is 29.3 Å². The third kappa shape index (κ3) is 4.80. The fraction of sp³-hybridized carbons (Fsp3) is 0.167. The molecule has 8 heteroatoms. The van der Waals surface area contributed by atoms with Gasteiger partial charge in [-0.1, -0.05) is 23.9 Å². The molecule has 0 aliphatic heterocycles. The highest BCUT2D eigenvalue weighted by Crippen LogP contribution is 2.29. The highest BCUT2D eigenvalue weighted by atomic mass is 32.2. The van der Waals surface area contributed by atoms with Gasteiger partial charge in [-0.05, 0) is 61.0 Å². The van der Waals surface area contributed by atoms with Crippen LogP contribution in [-0.2, 0) is 17.0 Å². The Morgan fingerprint density at radius 2 is 1.84 bits per heavy atom. The van der Waals surface area contributed by atoms with E-state index in [-0.39, 0.29) is 23.7 Å². The van der Waals surface area contributed by atoms with Gasteiger partial charge in [-0.2, -0.15) is 0 Å². The van der Waals surface area contributed by atoms with Crippen molar-refractivity contribution < 1.29 is 22.7 Å². The maximum atomic E-state index is 14.1. The molecule has 0 spiro atoms. The van der Waals surface area contributed by atoms with Gasteiger partial charge in [0, 0.05) is 11.3 Å². The van der Waals surface area contributed by atoms with Crippen LogP contribution in [0.5, 0.6) is 0 Å². The highest BCUT2D eigenvalue weighted by molar-refractivity contribution is 7.98. The number of esters is 1. The van der Waals surface area contributed by atoms with Crippen LogP contribution in [0.1, 0.15) is 28.4 Å². The van der Waals surface area contributed by atoms with Gasteiger partial charge in [0.15, 0.2) is 5.16 Å². The van der Waals surface area contributed by atoms with Crippen molar-refractivity contribution in [1.82, 2.24) is 9.55 Å². The largest absolute Gasteiger partial charge is 0.462 e. The number of rotatable bonds is 7. The number of hydrogen-bond acceptors (Lipinski definition) is 4. The Hall–Kier alpha value is -3.26. The first-order valence-corrected chi connectivity index (χ1v) is 10.9. The second-order valence-electron chi connectivity index (χ2n) is 7.06. The molecule has 0 aliphatic rings. The van der Waals surface area contributed by atoms with Gasteiger partial charge in [0.2, 0.25) is 0 Å². The Morgan fingerprint density at radius 1 is 1.03 bits per heavy atom. The summed E-state index contributed by atoms with van der Waals surface area (Å²) >= 11 is 1.23. The molecule has 0 amide bonds. The van der Waals surface area contributed by atoms with Crippen LogP contribution in [0.15, 0.2) is 65.8 Å².